The Labute approximate surface area is 189 Å². The molecule has 2 aromatic rings. The van der Waals surface area contributed by atoms with Gasteiger partial charge in [-0.1, -0.05) is 11.3 Å². The zero-order valence-corrected chi connectivity index (χ0v) is 19.1. The molecule has 3 rings (SSSR count). The Kier molecular flexibility index (Phi) is 8.09. The minimum absolute atomic E-state index is 0.249. The molecule has 0 spiro atoms. The molecule has 5 atom stereocenters. The van der Waals surface area contributed by atoms with Crippen molar-refractivity contribution >= 4 is 23.1 Å². The lowest BCUT2D eigenvalue weighted by Crippen LogP contribution is -2.64. The van der Waals surface area contributed by atoms with Gasteiger partial charge in [0.1, 0.15) is 36.0 Å². The zero-order chi connectivity index (χ0) is 23.4. The number of nitrogens with zero attached hydrogens (tertiary/aromatic N) is 3. The third-order valence-corrected chi connectivity index (χ3v) is 6.52. The van der Waals surface area contributed by atoms with Crippen LogP contribution in [0.4, 0.5) is 5.82 Å². The number of nitrogens with two attached hydrogens (primary N) is 1. The van der Waals surface area contributed by atoms with E-state index < -0.39 is 43.2 Å². The second-order valence-corrected chi connectivity index (χ2v) is 8.68. The Morgan fingerprint density at radius 3 is 2.78 bits per heavy atom. The van der Waals surface area contributed by atoms with Gasteiger partial charge in [-0.25, -0.2) is 9.97 Å². The quantitative estimate of drug-likeness (QED) is 0.292. The van der Waals surface area contributed by atoms with E-state index in [1.165, 1.54) is 6.92 Å². The molecule has 0 saturated carbocycles. The van der Waals surface area contributed by atoms with Crippen molar-refractivity contribution in [1.29, 1.82) is 0 Å². The monoisotopic (exact) mass is 468 g/mol. The highest BCUT2D eigenvalue weighted by atomic mass is 32.1. The van der Waals surface area contributed by atoms with E-state index in [0.29, 0.717) is 24.6 Å². The van der Waals surface area contributed by atoms with Crippen LogP contribution in [0.2, 0.25) is 0 Å². The molecule has 0 aliphatic carbocycles. The van der Waals surface area contributed by atoms with Crippen molar-refractivity contribution < 1.29 is 34.2 Å². The number of hydrogen-bond acceptors (Lipinski definition) is 10. The van der Waals surface area contributed by atoms with Crippen LogP contribution in [0.1, 0.15) is 28.9 Å². The first-order valence-corrected chi connectivity index (χ1v) is 11.1. The molecule has 12 heteroatoms. The van der Waals surface area contributed by atoms with Gasteiger partial charge in [-0.2, -0.15) is 4.57 Å². The number of anilines is 1. The summed E-state index contributed by atoms with van der Waals surface area (Å²) in [6.07, 6.45) is -2.39. The third-order valence-electron chi connectivity index (χ3n) is 5.38. The van der Waals surface area contributed by atoms with Crippen molar-refractivity contribution in [3.8, 4) is 0 Å². The van der Waals surface area contributed by atoms with Gasteiger partial charge in [-0.15, -0.1) is 0 Å². The minimum Gasteiger partial charge on any atom is -0.394 e. The van der Waals surface area contributed by atoms with Gasteiger partial charge in [0, 0.05) is 26.5 Å². The highest BCUT2D eigenvalue weighted by Gasteiger charge is 2.45. The summed E-state index contributed by atoms with van der Waals surface area (Å²) in [5.74, 6) is 0.688. The molecular weight excluding hydrogens is 438 g/mol. The van der Waals surface area contributed by atoms with E-state index in [-0.39, 0.29) is 6.61 Å². The van der Waals surface area contributed by atoms with Gasteiger partial charge in [0.05, 0.1) is 23.7 Å². The average molecular weight is 469 g/mol. The Hall–Kier alpha value is -2.22. The fourth-order valence-corrected chi connectivity index (χ4v) is 4.52. The van der Waals surface area contributed by atoms with Crippen LogP contribution in [0.25, 0.3) is 0 Å². The number of aliphatic hydroxyl groups excluding tert-OH is 3. The summed E-state index contributed by atoms with van der Waals surface area (Å²) < 4.78 is 13.4. The van der Waals surface area contributed by atoms with Gasteiger partial charge in [0.2, 0.25) is 11.4 Å². The molecule has 1 fully saturated rings. The van der Waals surface area contributed by atoms with E-state index >= 15 is 0 Å². The minimum atomic E-state index is -1.34. The molecule has 0 aromatic carbocycles. The molecule has 6 N–H and O–H groups in total. The van der Waals surface area contributed by atoms with E-state index in [4.69, 9.17) is 15.2 Å². The molecule has 1 aliphatic rings. The van der Waals surface area contributed by atoms with Crippen molar-refractivity contribution in [2.45, 2.75) is 64.4 Å². The van der Waals surface area contributed by atoms with Gasteiger partial charge in [-0.3, -0.25) is 4.79 Å². The van der Waals surface area contributed by atoms with Gasteiger partial charge in [0.15, 0.2) is 18.5 Å². The molecule has 2 aromatic heterocycles. The maximum Gasteiger partial charge on any atom is 0.225 e. The number of nitrogens with one attached hydrogen (secondary N) is 1. The summed E-state index contributed by atoms with van der Waals surface area (Å²) >= 11 is 1.57. The number of aliphatic hydroxyl groups is 3. The number of ether oxygens (including phenoxy) is 2. The molecular formula is C20H30N5O6S+. The molecule has 11 nitrogen and oxygen atoms in total. The van der Waals surface area contributed by atoms with Crippen LogP contribution >= 0.6 is 11.3 Å². The molecule has 32 heavy (non-hydrogen) atoms. The summed E-state index contributed by atoms with van der Waals surface area (Å²) in [5, 5.41) is 32.4. The first kappa shape index (κ1) is 24.4. The van der Waals surface area contributed by atoms with Crippen molar-refractivity contribution in [2.75, 3.05) is 18.9 Å². The normalized spacial score (nSPS) is 25.6. The molecule has 1 amide bonds. The maximum absolute atomic E-state index is 11.5. The molecule has 0 radical (unpaired) electrons. The summed E-state index contributed by atoms with van der Waals surface area (Å²) in [7, 11) is 0. The third kappa shape index (κ3) is 5.57. The smallest absolute Gasteiger partial charge is 0.225 e. The van der Waals surface area contributed by atoms with Crippen molar-refractivity contribution in [3.63, 3.8) is 0 Å². The summed E-state index contributed by atoms with van der Waals surface area (Å²) in [6.45, 7) is 5.40. The number of nitrogen functional groups attached to an aromatic ring is 1. The van der Waals surface area contributed by atoms with E-state index in [1.807, 2.05) is 12.4 Å². The zero-order valence-electron chi connectivity index (χ0n) is 18.3. The predicted octanol–water partition coefficient (Wildman–Crippen LogP) is -1.42. The predicted molar refractivity (Wildman–Crippen MR) is 115 cm³/mol. The number of amides is 1. The fraction of sp³-hybridized carbons (Fsp3) is 0.600. The summed E-state index contributed by atoms with van der Waals surface area (Å²) in [5.41, 5.74) is 9.87. The SMILES string of the molecule is CC(=O)N[C@H]1[C@H](OCCc2sc[n+](Cc3cnc(C)nc3N)c2C)O[C@H](CO)[C@@H](O)[C@@H]1O. The largest absolute Gasteiger partial charge is 0.394 e. The first-order valence-electron chi connectivity index (χ1n) is 10.3. The number of thiazole rings is 1. The Bertz CT molecular complexity index is 941. The fourth-order valence-electron chi connectivity index (χ4n) is 3.55. The summed E-state index contributed by atoms with van der Waals surface area (Å²) in [6, 6.07) is -0.954. The van der Waals surface area contributed by atoms with Crippen LogP contribution in [0.15, 0.2) is 11.7 Å². The second-order valence-electron chi connectivity index (χ2n) is 7.74. The highest BCUT2D eigenvalue weighted by molar-refractivity contribution is 7.09. The van der Waals surface area contributed by atoms with E-state index in [1.54, 1.807) is 24.5 Å². The average Bonchev–Trinajstić information content (AvgIpc) is 3.08. The number of hydrogen-bond donors (Lipinski definition) is 5. The van der Waals surface area contributed by atoms with Gasteiger partial charge in [-0.05, 0) is 6.92 Å². The number of carbonyl (C=O) groups is 1. The van der Waals surface area contributed by atoms with E-state index in [9.17, 15) is 20.1 Å². The van der Waals surface area contributed by atoms with Crippen molar-refractivity contribution in [3.05, 3.63) is 33.7 Å². The maximum atomic E-state index is 11.5. The van der Waals surface area contributed by atoms with Crippen LogP contribution in [0, 0.1) is 13.8 Å². The highest BCUT2D eigenvalue weighted by Crippen LogP contribution is 2.23. The molecule has 1 aliphatic heterocycles. The number of aromatic nitrogens is 3. The number of carbonyl (C=O) groups excluding carboxylic acids is 1. The lowest BCUT2D eigenvalue weighted by atomic mass is 9.97. The number of rotatable bonds is 8. The lowest BCUT2D eigenvalue weighted by molar-refractivity contribution is -0.689. The number of aryl methyl sites for hydroxylation is 1. The van der Waals surface area contributed by atoms with Crippen molar-refractivity contribution in [2.24, 2.45) is 0 Å². The Morgan fingerprint density at radius 2 is 2.12 bits per heavy atom. The Morgan fingerprint density at radius 1 is 1.38 bits per heavy atom. The van der Waals surface area contributed by atoms with Crippen LogP contribution < -0.4 is 15.6 Å². The van der Waals surface area contributed by atoms with Crippen LogP contribution in [0.5, 0.6) is 0 Å². The molecule has 176 valence electrons. The van der Waals surface area contributed by atoms with Crippen LogP contribution in [-0.4, -0.2) is 75.1 Å². The van der Waals surface area contributed by atoms with Crippen molar-refractivity contribution in [1.82, 2.24) is 15.3 Å². The van der Waals surface area contributed by atoms with E-state index in [2.05, 4.69) is 19.9 Å². The first-order chi connectivity index (χ1) is 15.2. The molecule has 1 saturated heterocycles. The molecule has 0 bridgehead atoms. The topological polar surface area (TPSA) is 164 Å². The Balaban J connectivity index is 1.63. The van der Waals surface area contributed by atoms with Gasteiger partial charge in [0.25, 0.3) is 0 Å². The van der Waals surface area contributed by atoms with Gasteiger partial charge >= 0.3 is 0 Å². The molecule has 3 heterocycles. The standard InChI is InChI=1S/C20H29N5O6S/c1-10-15(32-9-25(10)7-13-6-22-11(2)23-19(13)21)4-5-30-20-16(24-12(3)27)18(29)17(28)14(8-26)31-20/h6,9,14,16-18,20,26,28-29H,4-5,7-8H2,1-3H3,(H2-,21,22,23,24,27)/p+1/t14-,16-,17-,18-,20-/m1/s1. The van der Waals surface area contributed by atoms with Crippen LogP contribution in [0.3, 0.4) is 0 Å². The van der Waals surface area contributed by atoms with Crippen LogP contribution in [-0.2, 0) is 27.2 Å². The van der Waals surface area contributed by atoms with Gasteiger partial charge < -0.3 is 35.8 Å². The molecule has 0 unspecified atom stereocenters. The second kappa shape index (κ2) is 10.6. The summed E-state index contributed by atoms with van der Waals surface area (Å²) in [4.78, 5) is 21.0. The lowest BCUT2D eigenvalue weighted by Gasteiger charge is -2.42. The van der Waals surface area contributed by atoms with E-state index in [0.717, 1.165) is 16.1 Å².